The summed E-state index contributed by atoms with van der Waals surface area (Å²) in [4.78, 5) is 0. The Balaban J connectivity index is 1.79. The van der Waals surface area contributed by atoms with Crippen molar-refractivity contribution >= 4 is 0 Å². The first kappa shape index (κ1) is 8.72. The van der Waals surface area contributed by atoms with Gasteiger partial charge in [-0.2, -0.15) is 5.10 Å². The Bertz CT molecular complexity index is 247. The molecule has 0 radical (unpaired) electrons. The molecule has 2 heterocycles. The van der Waals surface area contributed by atoms with E-state index in [-0.39, 0.29) is 0 Å². The second-order valence-electron chi connectivity index (χ2n) is 3.43. The molecule has 4 heteroatoms. The van der Waals surface area contributed by atoms with Crippen LogP contribution in [-0.2, 0) is 11.3 Å². The van der Waals surface area contributed by atoms with Gasteiger partial charge in [0.25, 0.3) is 0 Å². The van der Waals surface area contributed by atoms with Crippen molar-refractivity contribution in [2.45, 2.75) is 32.0 Å². The molecule has 0 spiro atoms. The van der Waals surface area contributed by atoms with Crippen LogP contribution in [0.15, 0.2) is 12.3 Å². The smallest absolute Gasteiger partial charge is 0.0700 e. The molecule has 0 bridgehead atoms. The van der Waals surface area contributed by atoms with Gasteiger partial charge in [-0.05, 0) is 19.4 Å². The van der Waals surface area contributed by atoms with E-state index in [1.54, 1.807) is 6.20 Å². The van der Waals surface area contributed by atoms with Gasteiger partial charge in [0.1, 0.15) is 0 Å². The van der Waals surface area contributed by atoms with Crippen LogP contribution in [0.2, 0.25) is 0 Å². The van der Waals surface area contributed by atoms with E-state index in [0.29, 0.717) is 12.1 Å². The lowest BCUT2D eigenvalue weighted by molar-refractivity contribution is 0.113. The van der Waals surface area contributed by atoms with Crippen LogP contribution in [0.4, 0.5) is 0 Å². The number of hydrogen-bond acceptors (Lipinski definition) is 3. The molecule has 0 unspecified atom stereocenters. The maximum absolute atomic E-state index is 5.45. The zero-order valence-corrected chi connectivity index (χ0v) is 7.79. The average molecular weight is 181 g/mol. The van der Waals surface area contributed by atoms with E-state index in [2.05, 4.69) is 22.4 Å². The van der Waals surface area contributed by atoms with Crippen LogP contribution in [-0.4, -0.2) is 29.0 Å². The van der Waals surface area contributed by atoms with Crippen LogP contribution < -0.4 is 5.32 Å². The number of nitrogens with zero attached hydrogens (tertiary/aromatic N) is 1. The molecule has 1 fully saturated rings. The first-order valence-electron chi connectivity index (χ1n) is 4.69. The van der Waals surface area contributed by atoms with Crippen LogP contribution in [0.5, 0.6) is 0 Å². The van der Waals surface area contributed by atoms with E-state index >= 15 is 0 Å². The van der Waals surface area contributed by atoms with Gasteiger partial charge >= 0.3 is 0 Å². The zero-order valence-electron chi connectivity index (χ0n) is 7.79. The minimum absolute atomic E-state index is 0.336. The molecule has 13 heavy (non-hydrogen) atoms. The minimum Gasteiger partial charge on any atom is -0.377 e. The molecule has 1 aliphatic rings. The summed E-state index contributed by atoms with van der Waals surface area (Å²) in [7, 11) is 0. The lowest BCUT2D eigenvalue weighted by Gasteiger charge is -2.14. The first-order chi connectivity index (χ1) is 6.36. The van der Waals surface area contributed by atoms with E-state index < -0.39 is 0 Å². The normalized spacial score (nSPS) is 28.1. The molecular formula is C9H15N3O. The predicted molar refractivity (Wildman–Crippen MR) is 49.2 cm³/mol. The third-order valence-electron chi connectivity index (χ3n) is 2.49. The van der Waals surface area contributed by atoms with Crippen LogP contribution >= 0.6 is 0 Å². The Hall–Kier alpha value is -0.870. The highest BCUT2D eigenvalue weighted by atomic mass is 16.5. The van der Waals surface area contributed by atoms with Crippen molar-refractivity contribution < 1.29 is 4.74 Å². The van der Waals surface area contributed by atoms with Crippen molar-refractivity contribution in [3.8, 4) is 0 Å². The molecule has 1 aliphatic heterocycles. The summed E-state index contributed by atoms with van der Waals surface area (Å²) in [6.45, 7) is 3.83. The third-order valence-corrected chi connectivity index (χ3v) is 2.49. The maximum atomic E-state index is 5.45. The Labute approximate surface area is 77.7 Å². The lowest BCUT2D eigenvalue weighted by atomic mass is 10.1. The molecule has 1 aromatic heterocycles. The van der Waals surface area contributed by atoms with Gasteiger partial charge in [0.05, 0.1) is 6.10 Å². The van der Waals surface area contributed by atoms with Gasteiger partial charge in [-0.1, -0.05) is 0 Å². The van der Waals surface area contributed by atoms with E-state index in [9.17, 15) is 0 Å². The quantitative estimate of drug-likeness (QED) is 0.720. The number of aromatic amines is 1. The molecule has 0 aliphatic carbocycles. The fourth-order valence-electron chi connectivity index (χ4n) is 1.62. The molecular weight excluding hydrogens is 166 g/mol. The van der Waals surface area contributed by atoms with Gasteiger partial charge in [0.2, 0.25) is 0 Å². The largest absolute Gasteiger partial charge is 0.377 e. The summed E-state index contributed by atoms with van der Waals surface area (Å²) >= 11 is 0. The van der Waals surface area contributed by atoms with Crippen molar-refractivity contribution in [2.75, 3.05) is 6.61 Å². The Morgan fingerprint density at radius 3 is 3.31 bits per heavy atom. The van der Waals surface area contributed by atoms with Gasteiger partial charge in [-0.25, -0.2) is 0 Å². The molecule has 0 amide bonds. The van der Waals surface area contributed by atoms with Crippen LogP contribution in [0.3, 0.4) is 0 Å². The fraction of sp³-hybridized carbons (Fsp3) is 0.667. The molecule has 0 saturated carbocycles. The Kier molecular flexibility index (Phi) is 2.61. The van der Waals surface area contributed by atoms with Crippen molar-refractivity contribution in [3.05, 3.63) is 18.0 Å². The number of H-pyrrole nitrogens is 1. The fourth-order valence-corrected chi connectivity index (χ4v) is 1.62. The summed E-state index contributed by atoms with van der Waals surface area (Å²) in [6, 6.07) is 2.47. The van der Waals surface area contributed by atoms with E-state index in [1.165, 1.54) is 0 Å². The number of ether oxygens (including phenoxy) is 1. The molecule has 2 rings (SSSR count). The lowest BCUT2D eigenvalue weighted by Crippen LogP contribution is -2.34. The number of aromatic nitrogens is 2. The van der Waals surface area contributed by atoms with Crippen molar-refractivity contribution in [1.82, 2.24) is 15.5 Å². The molecule has 4 nitrogen and oxygen atoms in total. The molecule has 2 atom stereocenters. The van der Waals surface area contributed by atoms with Crippen molar-refractivity contribution in [3.63, 3.8) is 0 Å². The number of nitrogens with one attached hydrogen (secondary N) is 2. The van der Waals surface area contributed by atoms with E-state index in [4.69, 9.17) is 4.74 Å². The van der Waals surface area contributed by atoms with E-state index in [1.807, 2.05) is 6.07 Å². The highest BCUT2D eigenvalue weighted by molar-refractivity contribution is 4.97. The number of hydrogen-bond donors (Lipinski definition) is 2. The van der Waals surface area contributed by atoms with Crippen LogP contribution in [0.1, 0.15) is 19.0 Å². The summed E-state index contributed by atoms with van der Waals surface area (Å²) in [5.74, 6) is 0. The average Bonchev–Trinajstić information content (AvgIpc) is 2.72. The second-order valence-corrected chi connectivity index (χ2v) is 3.43. The van der Waals surface area contributed by atoms with Crippen LogP contribution in [0, 0.1) is 0 Å². The monoisotopic (exact) mass is 181 g/mol. The van der Waals surface area contributed by atoms with Gasteiger partial charge < -0.3 is 10.1 Å². The minimum atomic E-state index is 0.336. The topological polar surface area (TPSA) is 49.9 Å². The molecule has 1 aromatic rings. The summed E-state index contributed by atoms with van der Waals surface area (Å²) < 4.78 is 5.45. The zero-order chi connectivity index (χ0) is 9.10. The summed E-state index contributed by atoms with van der Waals surface area (Å²) in [5.41, 5.74) is 1.12. The third kappa shape index (κ3) is 2.08. The van der Waals surface area contributed by atoms with E-state index in [0.717, 1.165) is 25.3 Å². The second kappa shape index (κ2) is 3.89. The molecule has 2 N–H and O–H groups in total. The van der Waals surface area contributed by atoms with Crippen molar-refractivity contribution in [1.29, 1.82) is 0 Å². The summed E-state index contributed by atoms with van der Waals surface area (Å²) in [5, 5.41) is 10.3. The predicted octanol–water partition coefficient (Wildman–Crippen LogP) is 0.677. The highest BCUT2D eigenvalue weighted by Gasteiger charge is 2.23. The standard InChI is InChI=1S/C9H15N3O/c1-7-9(3-5-13-7)10-6-8-2-4-11-12-8/h2,4,7,9-10H,3,5-6H2,1H3,(H,11,12)/t7-,9-/m1/s1. The summed E-state index contributed by atoms with van der Waals surface area (Å²) in [6.07, 6.45) is 3.21. The molecule has 0 aromatic carbocycles. The number of rotatable bonds is 3. The Morgan fingerprint density at radius 2 is 2.69 bits per heavy atom. The van der Waals surface area contributed by atoms with Gasteiger partial charge in [0.15, 0.2) is 0 Å². The van der Waals surface area contributed by atoms with Gasteiger partial charge in [-0.15, -0.1) is 0 Å². The Morgan fingerprint density at radius 1 is 1.77 bits per heavy atom. The van der Waals surface area contributed by atoms with Gasteiger partial charge in [0, 0.05) is 31.1 Å². The molecule has 1 saturated heterocycles. The van der Waals surface area contributed by atoms with Crippen molar-refractivity contribution in [2.24, 2.45) is 0 Å². The maximum Gasteiger partial charge on any atom is 0.0700 e. The molecule has 72 valence electrons. The highest BCUT2D eigenvalue weighted by Crippen LogP contribution is 2.12. The first-order valence-corrected chi connectivity index (χ1v) is 4.69. The van der Waals surface area contributed by atoms with Crippen LogP contribution in [0.25, 0.3) is 0 Å². The van der Waals surface area contributed by atoms with Gasteiger partial charge in [-0.3, -0.25) is 5.10 Å². The SMILES string of the molecule is C[C@H]1OCC[C@H]1NCc1ccn[nH]1.